The molecule has 3 heteroatoms. The van der Waals surface area contributed by atoms with Crippen LogP contribution < -0.4 is 5.32 Å². The fraction of sp³-hybridized carbons (Fsp3) is 0.750. The maximum Gasteiger partial charge on any atom is 0.233 e. The van der Waals surface area contributed by atoms with Gasteiger partial charge in [-0.1, -0.05) is 18.9 Å². The third-order valence-corrected chi connectivity index (χ3v) is 4.22. The van der Waals surface area contributed by atoms with Crippen molar-refractivity contribution in [2.75, 3.05) is 12.3 Å². The van der Waals surface area contributed by atoms with Gasteiger partial charge in [-0.25, -0.2) is 0 Å². The number of carbonyl (C=O) groups excluding carboxylic acids is 1. The van der Waals surface area contributed by atoms with Crippen LogP contribution in [-0.2, 0) is 4.79 Å². The van der Waals surface area contributed by atoms with E-state index in [9.17, 15) is 4.79 Å². The summed E-state index contributed by atoms with van der Waals surface area (Å²) in [5.74, 6) is 2.13. The van der Waals surface area contributed by atoms with E-state index >= 15 is 0 Å². The molecule has 1 aliphatic rings. The molecule has 0 aromatic rings. The van der Waals surface area contributed by atoms with Crippen LogP contribution >= 0.6 is 11.8 Å². The number of hydrogen-bond acceptors (Lipinski definition) is 2. The normalized spacial score (nSPS) is 18.7. The number of nitrogens with one attached hydrogen (secondary N) is 1. The van der Waals surface area contributed by atoms with Crippen molar-refractivity contribution >= 4 is 17.7 Å². The van der Waals surface area contributed by atoms with Crippen LogP contribution in [-0.4, -0.2) is 23.5 Å². The Hall–Kier alpha value is -0.440. The Bertz CT molecular complexity index is 212. The predicted octanol–water partition coefficient (Wildman–Crippen LogP) is 2.60. The summed E-state index contributed by atoms with van der Waals surface area (Å²) in [6.07, 6.45) is 7.18. The molecule has 0 radical (unpaired) electrons. The molecular formula is C12H21NOS. The van der Waals surface area contributed by atoms with Gasteiger partial charge in [-0.05, 0) is 31.4 Å². The average molecular weight is 227 g/mol. The average Bonchev–Trinajstić information content (AvgIpc) is 2.75. The van der Waals surface area contributed by atoms with E-state index in [4.69, 9.17) is 0 Å². The minimum absolute atomic E-state index is 0.0746. The highest BCUT2D eigenvalue weighted by atomic mass is 32.2. The zero-order valence-corrected chi connectivity index (χ0v) is 10.3. The van der Waals surface area contributed by atoms with E-state index in [2.05, 4.69) is 11.9 Å². The lowest BCUT2D eigenvalue weighted by atomic mass is 10.1. The molecule has 1 aliphatic carbocycles. The smallest absolute Gasteiger partial charge is 0.233 e. The maximum absolute atomic E-state index is 11.5. The Morgan fingerprint density at radius 3 is 2.87 bits per heavy atom. The topological polar surface area (TPSA) is 29.1 Å². The molecule has 86 valence electrons. The second kappa shape index (κ2) is 6.94. The van der Waals surface area contributed by atoms with Crippen LogP contribution in [0.25, 0.3) is 0 Å². The highest BCUT2D eigenvalue weighted by Crippen LogP contribution is 2.29. The van der Waals surface area contributed by atoms with Crippen molar-refractivity contribution in [1.29, 1.82) is 0 Å². The summed E-state index contributed by atoms with van der Waals surface area (Å²) in [6.45, 7) is 6.14. The first-order valence-electron chi connectivity index (χ1n) is 5.74. The van der Waals surface area contributed by atoms with E-state index in [0.29, 0.717) is 6.54 Å². The number of carbonyl (C=O) groups is 1. The lowest BCUT2D eigenvalue weighted by molar-refractivity contribution is -0.120. The molecule has 0 aromatic carbocycles. The van der Waals surface area contributed by atoms with Gasteiger partial charge in [0.05, 0.1) is 5.25 Å². The molecule has 1 saturated carbocycles. The van der Waals surface area contributed by atoms with Crippen LogP contribution in [0.3, 0.4) is 0 Å². The van der Waals surface area contributed by atoms with E-state index in [0.717, 1.165) is 11.7 Å². The second-order valence-corrected chi connectivity index (χ2v) is 5.53. The Morgan fingerprint density at radius 2 is 2.27 bits per heavy atom. The molecule has 1 rings (SSSR count). The van der Waals surface area contributed by atoms with Crippen LogP contribution in [0.1, 0.15) is 32.6 Å². The Morgan fingerprint density at radius 1 is 1.60 bits per heavy atom. The van der Waals surface area contributed by atoms with E-state index in [-0.39, 0.29) is 11.2 Å². The summed E-state index contributed by atoms with van der Waals surface area (Å²) in [5.41, 5.74) is 0. The van der Waals surface area contributed by atoms with Crippen molar-refractivity contribution in [2.45, 2.75) is 37.9 Å². The highest BCUT2D eigenvalue weighted by Gasteiger charge is 2.18. The van der Waals surface area contributed by atoms with Crippen LogP contribution in [0, 0.1) is 5.92 Å². The van der Waals surface area contributed by atoms with E-state index in [1.54, 1.807) is 17.8 Å². The molecule has 0 aliphatic heterocycles. The Kier molecular flexibility index (Phi) is 5.84. The zero-order chi connectivity index (χ0) is 11.1. The van der Waals surface area contributed by atoms with E-state index in [1.165, 1.54) is 25.7 Å². The van der Waals surface area contributed by atoms with Gasteiger partial charge in [0.2, 0.25) is 5.91 Å². The van der Waals surface area contributed by atoms with Gasteiger partial charge in [-0.2, -0.15) is 0 Å². The van der Waals surface area contributed by atoms with Crippen LogP contribution in [0.4, 0.5) is 0 Å². The van der Waals surface area contributed by atoms with Crippen LogP contribution in [0.2, 0.25) is 0 Å². The molecule has 1 fully saturated rings. The molecule has 0 spiro atoms. The molecule has 0 unspecified atom stereocenters. The minimum Gasteiger partial charge on any atom is -0.352 e. The molecule has 0 aromatic heterocycles. The van der Waals surface area contributed by atoms with Crippen molar-refractivity contribution < 1.29 is 4.79 Å². The monoisotopic (exact) mass is 227 g/mol. The molecule has 1 N–H and O–H groups in total. The van der Waals surface area contributed by atoms with Gasteiger partial charge < -0.3 is 5.32 Å². The third kappa shape index (κ3) is 4.74. The summed E-state index contributed by atoms with van der Waals surface area (Å²) in [5, 5.41) is 2.90. The van der Waals surface area contributed by atoms with Gasteiger partial charge in [0, 0.05) is 6.54 Å². The summed E-state index contributed by atoms with van der Waals surface area (Å²) >= 11 is 1.79. The molecular weight excluding hydrogens is 206 g/mol. The summed E-state index contributed by atoms with van der Waals surface area (Å²) < 4.78 is 0. The molecule has 0 saturated heterocycles. The number of rotatable bonds is 6. The van der Waals surface area contributed by atoms with Crippen molar-refractivity contribution in [3.63, 3.8) is 0 Å². The third-order valence-electron chi connectivity index (χ3n) is 2.85. The van der Waals surface area contributed by atoms with E-state index in [1.807, 2.05) is 6.92 Å². The molecule has 1 atom stereocenters. The quantitative estimate of drug-likeness (QED) is 0.707. The fourth-order valence-electron chi connectivity index (χ4n) is 1.85. The Labute approximate surface area is 96.9 Å². The second-order valence-electron chi connectivity index (χ2n) is 4.16. The molecule has 1 amide bonds. The van der Waals surface area contributed by atoms with Gasteiger partial charge in [-0.3, -0.25) is 4.79 Å². The van der Waals surface area contributed by atoms with Crippen molar-refractivity contribution in [1.82, 2.24) is 5.32 Å². The SMILES string of the molecule is C=CCNC(=O)[C@@H](C)SCC1CCCC1. The maximum atomic E-state index is 11.5. The fourth-order valence-corrected chi connectivity index (χ4v) is 2.98. The minimum atomic E-state index is 0.0746. The molecule has 15 heavy (non-hydrogen) atoms. The van der Waals surface area contributed by atoms with Crippen LogP contribution in [0.5, 0.6) is 0 Å². The molecule has 0 heterocycles. The number of hydrogen-bond donors (Lipinski definition) is 1. The number of thioether (sulfide) groups is 1. The van der Waals surface area contributed by atoms with Crippen molar-refractivity contribution in [2.24, 2.45) is 5.92 Å². The Balaban J connectivity index is 2.13. The van der Waals surface area contributed by atoms with Gasteiger partial charge in [-0.15, -0.1) is 18.3 Å². The first-order valence-corrected chi connectivity index (χ1v) is 6.79. The molecule has 2 nitrogen and oxygen atoms in total. The summed E-state index contributed by atoms with van der Waals surface area (Å²) in [6, 6.07) is 0. The van der Waals surface area contributed by atoms with E-state index < -0.39 is 0 Å². The zero-order valence-electron chi connectivity index (χ0n) is 9.50. The van der Waals surface area contributed by atoms with Crippen LogP contribution in [0.15, 0.2) is 12.7 Å². The first-order chi connectivity index (χ1) is 7.24. The van der Waals surface area contributed by atoms with Gasteiger partial charge >= 0.3 is 0 Å². The summed E-state index contributed by atoms with van der Waals surface area (Å²) in [4.78, 5) is 11.5. The van der Waals surface area contributed by atoms with Gasteiger partial charge in [0.25, 0.3) is 0 Å². The summed E-state index contributed by atoms with van der Waals surface area (Å²) in [7, 11) is 0. The predicted molar refractivity (Wildman–Crippen MR) is 67.1 cm³/mol. The van der Waals surface area contributed by atoms with Gasteiger partial charge in [0.1, 0.15) is 0 Å². The lowest BCUT2D eigenvalue weighted by Crippen LogP contribution is -2.31. The van der Waals surface area contributed by atoms with Crippen molar-refractivity contribution in [3.8, 4) is 0 Å². The lowest BCUT2D eigenvalue weighted by Gasteiger charge is -2.13. The largest absolute Gasteiger partial charge is 0.352 e. The van der Waals surface area contributed by atoms with Crippen molar-refractivity contribution in [3.05, 3.63) is 12.7 Å². The highest BCUT2D eigenvalue weighted by molar-refractivity contribution is 8.00. The first kappa shape index (κ1) is 12.6. The molecule has 0 bridgehead atoms. The standard InChI is InChI=1S/C12H21NOS/c1-3-8-13-12(14)10(2)15-9-11-6-4-5-7-11/h3,10-11H,1,4-9H2,2H3,(H,13,14)/t10-/m1/s1. The number of amides is 1. The van der Waals surface area contributed by atoms with Gasteiger partial charge in [0.15, 0.2) is 0 Å².